The minimum Gasteiger partial charge on any atom is -0.322 e. The minimum atomic E-state index is -3.93. The van der Waals surface area contributed by atoms with Crippen LogP contribution in [0.2, 0.25) is 0 Å². The zero-order chi connectivity index (χ0) is 19.3. The van der Waals surface area contributed by atoms with Gasteiger partial charge < -0.3 is 5.32 Å². The van der Waals surface area contributed by atoms with E-state index in [9.17, 15) is 22.8 Å². The van der Waals surface area contributed by atoms with E-state index in [1.165, 1.54) is 31.2 Å². The van der Waals surface area contributed by atoms with Crippen LogP contribution in [0.4, 0.5) is 5.69 Å². The zero-order valence-electron chi connectivity index (χ0n) is 14.0. The molecule has 0 aromatic heterocycles. The van der Waals surface area contributed by atoms with Crippen LogP contribution < -0.4 is 10.0 Å². The van der Waals surface area contributed by atoms with Crippen molar-refractivity contribution in [2.75, 3.05) is 5.32 Å². The van der Waals surface area contributed by atoms with Gasteiger partial charge in [-0.25, -0.2) is 13.1 Å². The van der Waals surface area contributed by atoms with Gasteiger partial charge in [0.2, 0.25) is 5.91 Å². The van der Waals surface area contributed by atoms with Gasteiger partial charge in [-0.05, 0) is 36.4 Å². The van der Waals surface area contributed by atoms with Crippen LogP contribution in [0.25, 0.3) is 0 Å². The Labute approximate surface area is 155 Å². The summed E-state index contributed by atoms with van der Waals surface area (Å²) in [7, 11) is -3.93. The van der Waals surface area contributed by atoms with E-state index < -0.39 is 21.8 Å². The SMILES string of the molecule is CC(=O)NS(=O)(=O)c1ccc(NC(=O)c2ccccc2SC(C)=O)cc1. The molecule has 7 nitrogen and oxygen atoms in total. The number of carbonyl (C=O) groups excluding carboxylic acids is 3. The average Bonchev–Trinajstić information content (AvgIpc) is 2.54. The van der Waals surface area contributed by atoms with Gasteiger partial charge in [0.15, 0.2) is 5.12 Å². The summed E-state index contributed by atoms with van der Waals surface area (Å²) in [5.41, 5.74) is 0.710. The van der Waals surface area contributed by atoms with Crippen LogP contribution in [-0.4, -0.2) is 25.3 Å². The molecule has 0 spiro atoms. The third kappa shape index (κ3) is 5.17. The summed E-state index contributed by atoms with van der Waals surface area (Å²) in [5.74, 6) is -1.12. The molecule has 2 N–H and O–H groups in total. The van der Waals surface area contributed by atoms with E-state index >= 15 is 0 Å². The smallest absolute Gasteiger partial charge is 0.264 e. The first kappa shape index (κ1) is 19.7. The Morgan fingerprint density at radius 2 is 1.54 bits per heavy atom. The largest absolute Gasteiger partial charge is 0.322 e. The molecule has 0 saturated heterocycles. The second kappa shape index (κ2) is 8.15. The molecule has 0 heterocycles. The van der Waals surface area contributed by atoms with Crippen LogP contribution in [0, 0.1) is 0 Å². The average molecular weight is 392 g/mol. The molecule has 2 aromatic rings. The monoisotopic (exact) mass is 392 g/mol. The first-order valence-electron chi connectivity index (χ1n) is 7.41. The quantitative estimate of drug-likeness (QED) is 0.756. The number of thioether (sulfide) groups is 1. The maximum atomic E-state index is 12.4. The highest BCUT2D eigenvalue weighted by atomic mass is 32.2. The second-order valence-electron chi connectivity index (χ2n) is 5.23. The molecule has 136 valence electrons. The van der Waals surface area contributed by atoms with Crippen LogP contribution in [0.3, 0.4) is 0 Å². The van der Waals surface area contributed by atoms with Crippen LogP contribution >= 0.6 is 11.8 Å². The number of carbonyl (C=O) groups is 3. The predicted octanol–water partition coefficient (Wildman–Crippen LogP) is 2.40. The molecule has 0 bridgehead atoms. The van der Waals surface area contributed by atoms with Crippen molar-refractivity contribution in [3.8, 4) is 0 Å². The molecule has 2 aromatic carbocycles. The Bertz CT molecular complexity index is 953. The van der Waals surface area contributed by atoms with E-state index in [-0.39, 0.29) is 10.0 Å². The molecule has 0 atom stereocenters. The summed E-state index contributed by atoms with van der Waals surface area (Å²) in [6, 6.07) is 12.0. The summed E-state index contributed by atoms with van der Waals surface area (Å²) in [5, 5.41) is 2.50. The Balaban J connectivity index is 2.18. The number of anilines is 1. The molecular formula is C17H16N2O5S2. The Hall–Kier alpha value is -2.65. The summed E-state index contributed by atoms with van der Waals surface area (Å²) in [4.78, 5) is 35.1. The van der Waals surface area contributed by atoms with Gasteiger partial charge in [-0.15, -0.1) is 0 Å². The zero-order valence-corrected chi connectivity index (χ0v) is 15.6. The predicted molar refractivity (Wildman–Crippen MR) is 98.4 cm³/mol. The van der Waals surface area contributed by atoms with Gasteiger partial charge in [-0.2, -0.15) is 0 Å². The van der Waals surface area contributed by atoms with E-state index in [0.29, 0.717) is 16.1 Å². The molecule has 2 rings (SSSR count). The van der Waals surface area contributed by atoms with Gasteiger partial charge in [-0.3, -0.25) is 14.4 Å². The molecule has 0 radical (unpaired) electrons. The molecule has 0 saturated carbocycles. The fourth-order valence-electron chi connectivity index (χ4n) is 2.06. The van der Waals surface area contributed by atoms with E-state index in [1.54, 1.807) is 24.3 Å². The van der Waals surface area contributed by atoms with E-state index in [0.717, 1.165) is 18.7 Å². The highest BCUT2D eigenvalue weighted by Gasteiger charge is 2.16. The third-order valence-electron chi connectivity index (χ3n) is 3.09. The molecule has 0 unspecified atom stereocenters. The van der Waals surface area contributed by atoms with Gasteiger partial charge in [-0.1, -0.05) is 23.9 Å². The first-order valence-corrected chi connectivity index (χ1v) is 9.71. The number of sulfonamides is 1. The van der Waals surface area contributed by atoms with Crippen molar-refractivity contribution >= 4 is 44.4 Å². The Morgan fingerprint density at radius 1 is 0.923 bits per heavy atom. The van der Waals surface area contributed by atoms with Crippen molar-refractivity contribution in [3.05, 3.63) is 54.1 Å². The molecule has 0 aliphatic carbocycles. The number of amides is 2. The standard InChI is InChI=1S/C17H16N2O5S2/c1-11(20)19-26(23,24)14-9-7-13(8-10-14)18-17(22)15-5-3-4-6-16(15)25-12(2)21/h3-10H,1-2H3,(H,18,22)(H,19,20). The minimum absolute atomic E-state index is 0.0989. The topological polar surface area (TPSA) is 109 Å². The Kier molecular flexibility index (Phi) is 6.17. The second-order valence-corrected chi connectivity index (χ2v) is 8.13. The highest BCUT2D eigenvalue weighted by Crippen LogP contribution is 2.24. The first-order chi connectivity index (χ1) is 12.2. The molecule has 2 amide bonds. The van der Waals surface area contributed by atoms with Gasteiger partial charge in [0, 0.05) is 24.4 Å². The summed E-state index contributed by atoms with van der Waals surface area (Å²) in [6.07, 6.45) is 0. The van der Waals surface area contributed by atoms with Crippen molar-refractivity contribution in [3.63, 3.8) is 0 Å². The summed E-state index contributed by atoms with van der Waals surface area (Å²) in [6.45, 7) is 2.51. The van der Waals surface area contributed by atoms with Crippen molar-refractivity contribution in [1.29, 1.82) is 0 Å². The van der Waals surface area contributed by atoms with Crippen molar-refractivity contribution in [2.24, 2.45) is 0 Å². The van der Waals surface area contributed by atoms with Crippen LogP contribution in [0.15, 0.2) is 58.3 Å². The van der Waals surface area contributed by atoms with Gasteiger partial charge in [0.1, 0.15) is 0 Å². The van der Waals surface area contributed by atoms with E-state index in [4.69, 9.17) is 0 Å². The highest BCUT2D eigenvalue weighted by molar-refractivity contribution is 8.13. The van der Waals surface area contributed by atoms with Gasteiger partial charge in [0.25, 0.3) is 15.9 Å². The summed E-state index contributed by atoms with van der Waals surface area (Å²) >= 11 is 0.956. The lowest BCUT2D eigenvalue weighted by atomic mass is 10.2. The normalized spacial score (nSPS) is 10.8. The van der Waals surface area contributed by atoms with Gasteiger partial charge in [0.05, 0.1) is 10.5 Å². The number of hydrogen-bond donors (Lipinski definition) is 2. The lowest BCUT2D eigenvalue weighted by molar-refractivity contribution is -0.117. The van der Waals surface area contributed by atoms with Crippen LogP contribution in [0.5, 0.6) is 0 Å². The van der Waals surface area contributed by atoms with Crippen LogP contribution in [0.1, 0.15) is 24.2 Å². The molecule has 9 heteroatoms. The number of rotatable bonds is 5. The number of nitrogens with one attached hydrogen (secondary N) is 2. The fourth-order valence-corrected chi connectivity index (χ4v) is 3.78. The molecule has 0 aliphatic rings. The van der Waals surface area contributed by atoms with Crippen molar-refractivity contribution < 1.29 is 22.8 Å². The maximum absolute atomic E-state index is 12.4. The number of hydrogen-bond acceptors (Lipinski definition) is 6. The van der Waals surface area contributed by atoms with E-state index in [1.807, 2.05) is 4.72 Å². The Morgan fingerprint density at radius 3 is 2.12 bits per heavy atom. The van der Waals surface area contributed by atoms with Gasteiger partial charge >= 0.3 is 0 Å². The third-order valence-corrected chi connectivity index (χ3v) is 5.40. The molecule has 0 fully saturated rings. The van der Waals surface area contributed by atoms with E-state index in [2.05, 4.69) is 5.32 Å². The molecule has 0 aliphatic heterocycles. The van der Waals surface area contributed by atoms with Crippen molar-refractivity contribution in [1.82, 2.24) is 4.72 Å². The molecular weight excluding hydrogens is 376 g/mol. The van der Waals surface area contributed by atoms with Crippen LogP contribution in [-0.2, 0) is 19.6 Å². The number of benzene rings is 2. The lowest BCUT2D eigenvalue weighted by Gasteiger charge is -2.10. The fraction of sp³-hybridized carbons (Fsp3) is 0.118. The summed E-state index contributed by atoms with van der Waals surface area (Å²) < 4.78 is 25.6. The lowest BCUT2D eigenvalue weighted by Crippen LogP contribution is -2.28. The molecule has 26 heavy (non-hydrogen) atoms. The van der Waals surface area contributed by atoms with Crippen molar-refractivity contribution in [2.45, 2.75) is 23.6 Å². The maximum Gasteiger partial charge on any atom is 0.264 e.